The smallest absolute Gasteiger partial charge is 0.271 e. The molecule has 2 aromatic rings. The van der Waals surface area contributed by atoms with Gasteiger partial charge in [0.05, 0.1) is 12.2 Å². The van der Waals surface area contributed by atoms with E-state index in [1.54, 1.807) is 26.1 Å². The van der Waals surface area contributed by atoms with Gasteiger partial charge in [-0.2, -0.15) is 4.31 Å². The van der Waals surface area contributed by atoms with Gasteiger partial charge in [0.2, 0.25) is 10.0 Å². The van der Waals surface area contributed by atoms with Gasteiger partial charge in [0.1, 0.15) is 10.7 Å². The Morgan fingerprint density at radius 2 is 1.96 bits per heavy atom. The zero-order valence-electron chi connectivity index (χ0n) is 13.2. The molecule has 1 saturated heterocycles. The van der Waals surface area contributed by atoms with Gasteiger partial charge in [0.25, 0.3) is 5.56 Å². The summed E-state index contributed by atoms with van der Waals surface area (Å²) in [6.45, 7) is 4.75. The molecule has 0 atom stereocenters. The number of hydrogen-bond acceptors (Lipinski definition) is 5. The first-order chi connectivity index (χ1) is 10.9. The Morgan fingerprint density at radius 3 is 2.57 bits per heavy atom. The minimum atomic E-state index is -3.73. The Morgan fingerprint density at radius 1 is 1.26 bits per heavy atom. The monoisotopic (exact) mass is 337 g/mol. The molecule has 1 aliphatic heterocycles. The van der Waals surface area contributed by atoms with Crippen molar-refractivity contribution in [1.82, 2.24) is 14.0 Å². The number of pyridine rings is 1. The van der Waals surface area contributed by atoms with E-state index in [1.807, 2.05) is 0 Å². The third kappa shape index (κ3) is 2.84. The highest BCUT2D eigenvalue weighted by molar-refractivity contribution is 7.89. The van der Waals surface area contributed by atoms with E-state index in [-0.39, 0.29) is 11.4 Å². The van der Waals surface area contributed by atoms with Crippen LogP contribution in [0, 0.1) is 13.8 Å². The minimum Gasteiger partial charge on any atom is -0.361 e. The second-order valence-electron chi connectivity index (χ2n) is 5.72. The van der Waals surface area contributed by atoms with Gasteiger partial charge in [-0.15, -0.1) is 0 Å². The summed E-state index contributed by atoms with van der Waals surface area (Å²) in [5, 5.41) is 3.86. The summed E-state index contributed by atoms with van der Waals surface area (Å²) in [5.74, 6) is 0.627. The molecule has 0 aromatic carbocycles. The third-order valence-electron chi connectivity index (χ3n) is 4.18. The molecule has 0 saturated carbocycles. The molecule has 0 bridgehead atoms. The molecule has 3 rings (SSSR count). The number of nitrogens with zero attached hydrogens (tertiary/aromatic N) is 3. The van der Waals surface area contributed by atoms with Crippen LogP contribution >= 0.6 is 0 Å². The SMILES string of the molecule is Cc1noc(C)c1Cn1cccc(S(=O)(=O)N2CCCC2)c1=O. The number of sulfonamides is 1. The van der Waals surface area contributed by atoms with Crippen molar-refractivity contribution in [2.75, 3.05) is 13.1 Å². The Kier molecular flexibility index (Phi) is 4.11. The molecule has 124 valence electrons. The summed E-state index contributed by atoms with van der Waals surface area (Å²) >= 11 is 0. The summed E-state index contributed by atoms with van der Waals surface area (Å²) in [6, 6.07) is 2.96. The van der Waals surface area contributed by atoms with Crippen molar-refractivity contribution < 1.29 is 12.9 Å². The molecule has 0 spiro atoms. The van der Waals surface area contributed by atoms with Gasteiger partial charge in [-0.05, 0) is 38.8 Å². The van der Waals surface area contributed by atoms with E-state index in [0.29, 0.717) is 24.5 Å². The number of aromatic nitrogens is 2. The Bertz CT molecular complexity index is 857. The molecule has 1 fully saturated rings. The quantitative estimate of drug-likeness (QED) is 0.839. The lowest BCUT2D eigenvalue weighted by Crippen LogP contribution is -2.34. The van der Waals surface area contributed by atoms with Gasteiger partial charge in [0.15, 0.2) is 0 Å². The lowest BCUT2D eigenvalue weighted by Gasteiger charge is -2.16. The Hall–Kier alpha value is -1.93. The van der Waals surface area contributed by atoms with Crippen molar-refractivity contribution in [3.05, 3.63) is 45.7 Å². The maximum atomic E-state index is 12.6. The number of rotatable bonds is 4. The van der Waals surface area contributed by atoms with Gasteiger partial charge < -0.3 is 9.09 Å². The lowest BCUT2D eigenvalue weighted by atomic mass is 10.2. The van der Waals surface area contributed by atoms with Crippen molar-refractivity contribution in [2.24, 2.45) is 0 Å². The van der Waals surface area contributed by atoms with Crippen LogP contribution in [0.25, 0.3) is 0 Å². The highest BCUT2D eigenvalue weighted by Gasteiger charge is 2.30. The van der Waals surface area contributed by atoms with Crippen molar-refractivity contribution in [1.29, 1.82) is 0 Å². The molecule has 23 heavy (non-hydrogen) atoms. The fourth-order valence-electron chi connectivity index (χ4n) is 2.80. The predicted molar refractivity (Wildman–Crippen MR) is 83.8 cm³/mol. The summed E-state index contributed by atoms with van der Waals surface area (Å²) in [5.41, 5.74) is 0.976. The second kappa shape index (κ2) is 5.93. The van der Waals surface area contributed by atoms with Crippen molar-refractivity contribution in [3.8, 4) is 0 Å². The van der Waals surface area contributed by atoms with E-state index < -0.39 is 15.6 Å². The first-order valence-electron chi connectivity index (χ1n) is 7.52. The van der Waals surface area contributed by atoms with E-state index >= 15 is 0 Å². The summed E-state index contributed by atoms with van der Waals surface area (Å²) in [6.07, 6.45) is 3.25. The van der Waals surface area contributed by atoms with Gasteiger partial charge in [-0.25, -0.2) is 8.42 Å². The van der Waals surface area contributed by atoms with Crippen LogP contribution in [0.5, 0.6) is 0 Å². The van der Waals surface area contributed by atoms with Crippen molar-refractivity contribution in [3.63, 3.8) is 0 Å². The molecule has 3 heterocycles. The molecular weight excluding hydrogens is 318 g/mol. The normalized spacial score (nSPS) is 16.1. The maximum Gasteiger partial charge on any atom is 0.271 e. The number of hydrogen-bond donors (Lipinski definition) is 0. The third-order valence-corrected chi connectivity index (χ3v) is 6.09. The van der Waals surface area contributed by atoms with Crippen LogP contribution in [0.15, 0.2) is 32.5 Å². The Labute approximate surface area is 134 Å². The number of aryl methyl sites for hydroxylation is 2. The highest BCUT2D eigenvalue weighted by atomic mass is 32.2. The molecular formula is C15H19N3O4S. The Balaban J connectivity index is 2.01. The van der Waals surface area contributed by atoms with E-state index in [4.69, 9.17) is 4.52 Å². The van der Waals surface area contributed by atoms with Crippen LogP contribution in [0.3, 0.4) is 0 Å². The zero-order chi connectivity index (χ0) is 16.6. The van der Waals surface area contributed by atoms with Gasteiger partial charge in [0, 0.05) is 24.8 Å². The largest absolute Gasteiger partial charge is 0.361 e. The summed E-state index contributed by atoms with van der Waals surface area (Å²) in [7, 11) is -3.73. The fraction of sp³-hybridized carbons (Fsp3) is 0.467. The van der Waals surface area contributed by atoms with Gasteiger partial charge in [-0.3, -0.25) is 4.79 Å². The van der Waals surface area contributed by atoms with E-state index in [0.717, 1.165) is 18.4 Å². The molecule has 1 aliphatic rings. The van der Waals surface area contributed by atoms with Crippen LogP contribution in [0.4, 0.5) is 0 Å². The van der Waals surface area contributed by atoms with E-state index in [9.17, 15) is 13.2 Å². The lowest BCUT2D eigenvalue weighted by molar-refractivity contribution is 0.392. The standard InChI is InChI=1S/C15H19N3O4S/c1-11-13(12(2)22-16-11)10-17-7-5-6-14(15(17)19)23(20,21)18-8-3-4-9-18/h5-7H,3-4,8-10H2,1-2H3. The average molecular weight is 337 g/mol. The summed E-state index contributed by atoms with van der Waals surface area (Å²) < 4.78 is 33.1. The highest BCUT2D eigenvalue weighted by Crippen LogP contribution is 2.19. The average Bonchev–Trinajstić information content (AvgIpc) is 3.15. The molecule has 0 amide bonds. The fourth-order valence-corrected chi connectivity index (χ4v) is 4.41. The molecule has 8 heteroatoms. The van der Waals surface area contributed by atoms with Crippen molar-refractivity contribution in [2.45, 2.75) is 38.1 Å². The van der Waals surface area contributed by atoms with Gasteiger partial charge >= 0.3 is 0 Å². The first kappa shape index (κ1) is 15.9. The minimum absolute atomic E-state index is 0.173. The molecule has 0 radical (unpaired) electrons. The van der Waals surface area contributed by atoms with Crippen LogP contribution < -0.4 is 5.56 Å². The van der Waals surface area contributed by atoms with Crippen LogP contribution in [-0.4, -0.2) is 35.5 Å². The molecule has 0 unspecified atom stereocenters. The van der Waals surface area contributed by atoms with Crippen LogP contribution in [0.2, 0.25) is 0 Å². The molecule has 2 aromatic heterocycles. The molecule has 0 aliphatic carbocycles. The first-order valence-corrected chi connectivity index (χ1v) is 8.96. The van der Waals surface area contributed by atoms with Crippen LogP contribution in [-0.2, 0) is 16.6 Å². The maximum absolute atomic E-state index is 12.6. The predicted octanol–water partition coefficient (Wildman–Crippen LogP) is 1.29. The van der Waals surface area contributed by atoms with Gasteiger partial charge in [-0.1, -0.05) is 5.16 Å². The van der Waals surface area contributed by atoms with Crippen molar-refractivity contribution >= 4 is 10.0 Å². The molecule has 7 nitrogen and oxygen atoms in total. The second-order valence-corrected chi connectivity index (χ2v) is 7.63. The van der Waals surface area contributed by atoms with Crippen LogP contribution in [0.1, 0.15) is 29.9 Å². The zero-order valence-corrected chi connectivity index (χ0v) is 14.0. The van der Waals surface area contributed by atoms with E-state index in [1.165, 1.54) is 14.9 Å². The molecule has 0 N–H and O–H groups in total. The topological polar surface area (TPSA) is 85.4 Å². The summed E-state index contributed by atoms with van der Waals surface area (Å²) in [4.78, 5) is 12.5. The van der Waals surface area contributed by atoms with E-state index in [2.05, 4.69) is 5.16 Å².